The van der Waals surface area contributed by atoms with Crippen molar-refractivity contribution in [1.29, 1.82) is 0 Å². The van der Waals surface area contributed by atoms with Crippen molar-refractivity contribution < 1.29 is 18.3 Å². The quantitative estimate of drug-likeness (QED) is 0.272. The summed E-state index contributed by atoms with van der Waals surface area (Å²) >= 11 is 0. The molecule has 3 aromatic carbocycles. The van der Waals surface area contributed by atoms with Gasteiger partial charge >= 0.3 is 6.03 Å². The summed E-state index contributed by atoms with van der Waals surface area (Å²) in [6, 6.07) is 23.3. The molecule has 40 heavy (non-hydrogen) atoms. The van der Waals surface area contributed by atoms with E-state index in [4.69, 9.17) is 9.84 Å². The largest absolute Gasteiger partial charge is 0.497 e. The highest BCUT2D eigenvalue weighted by molar-refractivity contribution is 5.90. The highest BCUT2D eigenvalue weighted by Crippen LogP contribution is 2.39. The molecule has 0 fully saturated rings. The van der Waals surface area contributed by atoms with E-state index in [0.29, 0.717) is 12.2 Å². The van der Waals surface area contributed by atoms with E-state index in [0.717, 1.165) is 46.2 Å². The maximum absolute atomic E-state index is 14.6. The van der Waals surface area contributed by atoms with Crippen molar-refractivity contribution in [3.63, 3.8) is 0 Å². The Bertz CT molecular complexity index is 1680. The Kier molecular flexibility index (Phi) is 6.55. The predicted octanol–water partition coefficient (Wildman–Crippen LogP) is 6.65. The summed E-state index contributed by atoms with van der Waals surface area (Å²) in [5, 5.41) is 7.61. The summed E-state index contributed by atoms with van der Waals surface area (Å²) < 4.78 is 37.5. The number of nitrogens with zero attached hydrogens (tertiary/aromatic N) is 4. The molecule has 9 heteroatoms. The van der Waals surface area contributed by atoms with Crippen molar-refractivity contribution >= 4 is 11.7 Å². The summed E-state index contributed by atoms with van der Waals surface area (Å²) in [6.07, 6.45) is 2.61. The Hall–Kier alpha value is -4.92. The zero-order valence-corrected chi connectivity index (χ0v) is 22.0. The standard InChI is InChI=1S/C31H27F2N5O2/c1-3-26-24-19-37(31(39)34-27-16-13-21(32)18-25(27)33)29(20-11-14-23(40-2)15-12-20)28-10-7-17-36(28)30(24)38(35-26)22-8-5-4-6-9-22/h4-18,29H,3,19H2,1-2H3,(H,34,39). The van der Waals surface area contributed by atoms with Crippen molar-refractivity contribution in [2.24, 2.45) is 0 Å². The van der Waals surface area contributed by atoms with E-state index >= 15 is 0 Å². The molecule has 0 saturated heterocycles. The van der Waals surface area contributed by atoms with Crippen molar-refractivity contribution in [3.8, 4) is 17.3 Å². The van der Waals surface area contributed by atoms with E-state index in [1.54, 1.807) is 12.0 Å². The Balaban J connectivity index is 1.54. The molecule has 7 nitrogen and oxygen atoms in total. The lowest BCUT2D eigenvalue weighted by molar-refractivity contribution is 0.194. The monoisotopic (exact) mass is 539 g/mol. The Morgan fingerprint density at radius 1 is 1.02 bits per heavy atom. The van der Waals surface area contributed by atoms with Crippen LogP contribution in [0.3, 0.4) is 0 Å². The molecule has 0 spiro atoms. The number of hydrogen-bond acceptors (Lipinski definition) is 3. The molecule has 0 aliphatic carbocycles. The average molecular weight is 540 g/mol. The van der Waals surface area contributed by atoms with E-state index in [2.05, 4.69) is 9.88 Å². The molecule has 1 aliphatic rings. The van der Waals surface area contributed by atoms with Crippen LogP contribution in [0.2, 0.25) is 0 Å². The smallest absolute Gasteiger partial charge is 0.323 e. The number of aryl methyl sites for hydroxylation is 1. The molecule has 1 unspecified atom stereocenters. The van der Waals surface area contributed by atoms with Gasteiger partial charge in [-0.15, -0.1) is 0 Å². The maximum atomic E-state index is 14.6. The van der Waals surface area contributed by atoms with Crippen molar-refractivity contribution in [2.45, 2.75) is 25.9 Å². The molecule has 1 aliphatic heterocycles. The number of carbonyl (C=O) groups is 1. The molecule has 202 valence electrons. The first-order valence-corrected chi connectivity index (χ1v) is 13.0. The van der Waals surface area contributed by atoms with Crippen LogP contribution in [0.15, 0.2) is 91.1 Å². The van der Waals surface area contributed by atoms with Gasteiger partial charge < -0.3 is 19.5 Å². The Morgan fingerprint density at radius 2 is 1.80 bits per heavy atom. The van der Waals surface area contributed by atoms with Crippen LogP contribution in [0.4, 0.5) is 19.3 Å². The van der Waals surface area contributed by atoms with E-state index in [1.807, 2.05) is 84.5 Å². The second kappa shape index (κ2) is 10.3. The molecule has 0 radical (unpaired) electrons. The van der Waals surface area contributed by atoms with Gasteiger partial charge in [0, 0.05) is 17.8 Å². The first-order chi connectivity index (χ1) is 19.5. The van der Waals surface area contributed by atoms with Gasteiger partial charge in [-0.3, -0.25) is 0 Å². The number of hydrogen-bond donors (Lipinski definition) is 1. The van der Waals surface area contributed by atoms with Crippen LogP contribution in [0.25, 0.3) is 11.5 Å². The predicted molar refractivity (Wildman–Crippen MR) is 148 cm³/mol. The number of nitrogens with one attached hydrogen (secondary N) is 1. The minimum atomic E-state index is -0.848. The van der Waals surface area contributed by atoms with E-state index < -0.39 is 23.7 Å². The number of benzene rings is 3. The van der Waals surface area contributed by atoms with Crippen LogP contribution in [0.1, 0.15) is 35.5 Å². The number of fused-ring (bicyclic) bond motifs is 3. The van der Waals surface area contributed by atoms with Gasteiger partial charge in [-0.1, -0.05) is 37.3 Å². The SMILES string of the molecule is CCc1nn(-c2ccccc2)c2c1CN(C(=O)Nc1ccc(F)cc1F)C(c1ccc(OC)cc1)c1cccn1-2. The number of aromatic nitrogens is 3. The number of carbonyl (C=O) groups excluding carboxylic acids is 1. The van der Waals surface area contributed by atoms with Gasteiger partial charge in [0.15, 0.2) is 0 Å². The van der Waals surface area contributed by atoms with Crippen molar-refractivity contribution in [3.05, 3.63) is 125 Å². The van der Waals surface area contributed by atoms with Crippen molar-refractivity contribution in [2.75, 3.05) is 12.4 Å². The third-order valence-corrected chi connectivity index (χ3v) is 7.17. The zero-order chi connectivity index (χ0) is 27.8. The summed E-state index contributed by atoms with van der Waals surface area (Å²) in [4.78, 5) is 15.6. The first-order valence-electron chi connectivity index (χ1n) is 13.0. The van der Waals surface area contributed by atoms with Crippen LogP contribution in [-0.4, -0.2) is 32.4 Å². The second-order valence-electron chi connectivity index (χ2n) is 9.51. The molecular weight excluding hydrogens is 512 g/mol. The van der Waals surface area contributed by atoms with Gasteiger partial charge in [0.25, 0.3) is 0 Å². The van der Waals surface area contributed by atoms with Crippen LogP contribution in [0, 0.1) is 11.6 Å². The third kappa shape index (κ3) is 4.39. The fraction of sp³-hybridized carbons (Fsp3) is 0.161. The highest BCUT2D eigenvalue weighted by Gasteiger charge is 2.36. The molecule has 6 rings (SSSR count). The number of amides is 2. The maximum Gasteiger partial charge on any atom is 0.323 e. The van der Waals surface area contributed by atoms with Crippen LogP contribution >= 0.6 is 0 Å². The third-order valence-electron chi connectivity index (χ3n) is 7.17. The zero-order valence-electron chi connectivity index (χ0n) is 22.0. The number of rotatable bonds is 5. The van der Waals surface area contributed by atoms with Crippen LogP contribution < -0.4 is 10.1 Å². The van der Waals surface area contributed by atoms with Gasteiger partial charge in [0.2, 0.25) is 0 Å². The lowest BCUT2D eigenvalue weighted by Gasteiger charge is -2.31. The average Bonchev–Trinajstić information content (AvgIpc) is 3.56. The number of ether oxygens (including phenoxy) is 1. The lowest BCUT2D eigenvalue weighted by atomic mass is 10.0. The summed E-state index contributed by atoms with van der Waals surface area (Å²) in [5.41, 5.74) is 4.20. The fourth-order valence-electron chi connectivity index (χ4n) is 5.26. The second-order valence-corrected chi connectivity index (χ2v) is 9.51. The molecule has 0 bridgehead atoms. The lowest BCUT2D eigenvalue weighted by Crippen LogP contribution is -2.38. The molecule has 2 aromatic heterocycles. The molecule has 1 atom stereocenters. The van der Waals surface area contributed by atoms with Crippen LogP contribution in [0.5, 0.6) is 5.75 Å². The normalized spacial score (nSPS) is 14.3. The molecule has 0 saturated carbocycles. The van der Waals surface area contributed by atoms with Gasteiger partial charge in [-0.2, -0.15) is 5.10 Å². The van der Waals surface area contributed by atoms with Crippen LogP contribution in [-0.2, 0) is 13.0 Å². The molecule has 1 N–H and O–H groups in total. The highest BCUT2D eigenvalue weighted by atomic mass is 19.1. The molecule has 5 aromatic rings. The van der Waals surface area contributed by atoms with Gasteiger partial charge in [0.05, 0.1) is 42.5 Å². The van der Waals surface area contributed by atoms with E-state index in [1.165, 1.54) is 6.07 Å². The topological polar surface area (TPSA) is 64.3 Å². The van der Waals surface area contributed by atoms with E-state index in [-0.39, 0.29) is 12.2 Å². The summed E-state index contributed by atoms with van der Waals surface area (Å²) in [6.45, 7) is 2.23. The number of methoxy groups -OCH3 is 1. The minimum absolute atomic E-state index is 0.101. The minimum Gasteiger partial charge on any atom is -0.497 e. The summed E-state index contributed by atoms with van der Waals surface area (Å²) in [7, 11) is 1.60. The Labute approximate surface area is 230 Å². The first kappa shape index (κ1) is 25.4. The molecular formula is C31H27F2N5O2. The molecule has 3 heterocycles. The number of anilines is 1. The van der Waals surface area contributed by atoms with Gasteiger partial charge in [-0.05, 0) is 60.5 Å². The summed E-state index contributed by atoms with van der Waals surface area (Å²) in [5.74, 6) is -0.0395. The van der Waals surface area contributed by atoms with Gasteiger partial charge in [-0.25, -0.2) is 18.3 Å². The number of para-hydroxylation sites is 1. The molecule has 2 amide bonds. The number of urea groups is 1. The fourth-order valence-corrected chi connectivity index (χ4v) is 5.26. The van der Waals surface area contributed by atoms with Crippen molar-refractivity contribution in [1.82, 2.24) is 19.2 Å². The van der Waals surface area contributed by atoms with Gasteiger partial charge in [0.1, 0.15) is 23.2 Å². The number of halogens is 2. The van der Waals surface area contributed by atoms with E-state index in [9.17, 15) is 13.6 Å². The Morgan fingerprint density at radius 3 is 2.50 bits per heavy atom.